The molecule has 3 N–H and O–H groups in total. The molecule has 1 saturated heterocycles. The zero-order valence-electron chi connectivity index (χ0n) is 21.9. The lowest BCUT2D eigenvalue weighted by molar-refractivity contribution is -0.211. The molecule has 2 fully saturated rings. The SMILES string of the molecule is CO[C@@H]1[C@@H](n2cc(-c3cc(F)c(F)c(F)c3)nn2)[C@@H](O)[C@@H](CO)O[C@H]1C(=O)N(c1cc(Cl)cc(C#N)c1)[C@H]1CC[C@@H]1O. The Morgan fingerprint density at radius 2 is 1.93 bits per heavy atom. The molecule has 1 aliphatic heterocycles. The molecule has 0 spiro atoms. The van der Waals surface area contributed by atoms with E-state index in [1.54, 1.807) is 0 Å². The predicted octanol–water partition coefficient (Wildman–Crippen LogP) is 2.12. The molecule has 11 nitrogen and oxygen atoms in total. The van der Waals surface area contributed by atoms with Crippen LogP contribution in [0, 0.1) is 28.8 Å². The van der Waals surface area contributed by atoms with Crippen LogP contribution in [0.4, 0.5) is 18.9 Å². The van der Waals surface area contributed by atoms with E-state index in [1.807, 2.05) is 6.07 Å². The molecule has 2 aromatic carbocycles. The summed E-state index contributed by atoms with van der Waals surface area (Å²) in [5.74, 6) is -5.24. The number of nitrogens with zero attached hydrogens (tertiary/aromatic N) is 5. The summed E-state index contributed by atoms with van der Waals surface area (Å²) in [5.41, 5.74) is 0.172. The van der Waals surface area contributed by atoms with Crippen LogP contribution in [0.2, 0.25) is 5.02 Å². The minimum atomic E-state index is -1.65. The number of ether oxygens (including phenoxy) is 2. The smallest absolute Gasteiger partial charge is 0.259 e. The molecule has 7 atom stereocenters. The lowest BCUT2D eigenvalue weighted by atomic mass is 9.85. The van der Waals surface area contributed by atoms with Crippen molar-refractivity contribution < 1.29 is 42.8 Å². The lowest BCUT2D eigenvalue weighted by Crippen LogP contribution is -2.64. The number of hydrogen-bond acceptors (Lipinski definition) is 9. The van der Waals surface area contributed by atoms with Gasteiger partial charge >= 0.3 is 0 Å². The van der Waals surface area contributed by atoms with Crippen molar-refractivity contribution in [2.24, 2.45) is 0 Å². The van der Waals surface area contributed by atoms with Crippen LogP contribution in [0.15, 0.2) is 36.5 Å². The van der Waals surface area contributed by atoms with Gasteiger partial charge in [0.05, 0.1) is 36.6 Å². The first-order valence-corrected chi connectivity index (χ1v) is 13.2. The van der Waals surface area contributed by atoms with Crippen molar-refractivity contribution in [3.63, 3.8) is 0 Å². The van der Waals surface area contributed by atoms with E-state index in [0.29, 0.717) is 12.8 Å². The second-order valence-corrected chi connectivity index (χ2v) is 10.5. The van der Waals surface area contributed by atoms with Crippen molar-refractivity contribution in [3.8, 4) is 17.3 Å². The molecule has 3 aromatic rings. The van der Waals surface area contributed by atoms with E-state index in [-0.39, 0.29) is 27.5 Å². The van der Waals surface area contributed by atoms with Crippen LogP contribution in [-0.4, -0.2) is 86.5 Å². The number of halogens is 4. The summed E-state index contributed by atoms with van der Waals surface area (Å²) in [6, 6.07) is 5.82. The zero-order chi connectivity index (χ0) is 30.3. The van der Waals surface area contributed by atoms with Gasteiger partial charge in [0.25, 0.3) is 5.91 Å². The third kappa shape index (κ3) is 5.35. The first kappa shape index (κ1) is 29.9. The highest BCUT2D eigenvalue weighted by molar-refractivity contribution is 6.31. The topological polar surface area (TPSA) is 154 Å². The number of carbonyl (C=O) groups is 1. The van der Waals surface area contributed by atoms with Crippen molar-refractivity contribution in [1.29, 1.82) is 5.26 Å². The van der Waals surface area contributed by atoms with E-state index in [1.165, 1.54) is 36.4 Å². The Morgan fingerprint density at radius 3 is 2.50 bits per heavy atom. The summed E-state index contributed by atoms with van der Waals surface area (Å²) < 4.78 is 53.8. The van der Waals surface area contributed by atoms with Crippen LogP contribution < -0.4 is 4.90 Å². The molecule has 0 bridgehead atoms. The molecule has 42 heavy (non-hydrogen) atoms. The molecule has 1 aliphatic carbocycles. The number of methoxy groups -OCH3 is 1. The van der Waals surface area contributed by atoms with Gasteiger partial charge in [-0.3, -0.25) is 4.79 Å². The molecule has 1 saturated carbocycles. The van der Waals surface area contributed by atoms with Gasteiger partial charge in [0, 0.05) is 23.4 Å². The number of nitriles is 1. The molecule has 0 radical (unpaired) electrons. The minimum absolute atomic E-state index is 0.0769. The summed E-state index contributed by atoms with van der Waals surface area (Å²) in [4.78, 5) is 15.5. The molecule has 1 aromatic heterocycles. The molecule has 222 valence electrons. The number of amides is 1. The van der Waals surface area contributed by atoms with Gasteiger partial charge in [-0.25, -0.2) is 17.9 Å². The van der Waals surface area contributed by atoms with Crippen LogP contribution in [0.25, 0.3) is 11.3 Å². The maximum Gasteiger partial charge on any atom is 0.259 e. The summed E-state index contributed by atoms with van der Waals surface area (Å²) in [6.07, 6.45) is -4.37. The lowest BCUT2D eigenvalue weighted by Gasteiger charge is -2.47. The standard InChI is InChI=1S/C27H25ClF3N5O6/c1-41-25-23(35-10-18(33-34-35)13-6-16(29)22(31)17(30)7-13)24(39)21(11-37)42-26(25)27(40)36(19-2-3-20(19)38)15-5-12(9-32)4-14(28)8-15/h4-8,10,19-21,23-26,37-39H,2-3,11H2,1H3/t19-,20-,21+,23-,24-,25+,26+/m0/s1. The number of benzene rings is 2. The highest BCUT2D eigenvalue weighted by atomic mass is 35.5. The fraction of sp³-hybridized carbons (Fsp3) is 0.407. The largest absolute Gasteiger partial charge is 0.394 e. The molecule has 0 unspecified atom stereocenters. The Hall–Kier alpha value is -3.58. The van der Waals surface area contributed by atoms with Gasteiger partial charge in [-0.2, -0.15) is 5.26 Å². The molecule has 2 aliphatic rings. The summed E-state index contributed by atoms with van der Waals surface area (Å²) in [7, 11) is 1.26. The summed E-state index contributed by atoms with van der Waals surface area (Å²) >= 11 is 6.21. The number of hydrogen-bond donors (Lipinski definition) is 3. The number of aromatic nitrogens is 3. The Bertz CT molecular complexity index is 1510. The zero-order valence-corrected chi connectivity index (χ0v) is 22.7. The molecule has 5 rings (SSSR count). The normalized spacial score (nSPS) is 27.3. The number of carbonyl (C=O) groups excluding carboxylic acids is 1. The monoisotopic (exact) mass is 607 g/mol. The van der Waals surface area contributed by atoms with Crippen molar-refractivity contribution >= 4 is 23.2 Å². The third-order valence-corrected chi connectivity index (χ3v) is 7.76. The van der Waals surface area contributed by atoms with Gasteiger partial charge in [-0.05, 0) is 43.2 Å². The van der Waals surface area contributed by atoms with Gasteiger partial charge in [0.2, 0.25) is 0 Å². The van der Waals surface area contributed by atoms with Gasteiger partial charge < -0.3 is 29.7 Å². The van der Waals surface area contributed by atoms with Crippen molar-refractivity contribution in [3.05, 3.63) is 64.6 Å². The Balaban J connectivity index is 1.54. The molecular weight excluding hydrogens is 583 g/mol. The van der Waals surface area contributed by atoms with E-state index in [0.717, 1.165) is 16.8 Å². The fourth-order valence-electron chi connectivity index (χ4n) is 5.28. The quantitative estimate of drug-likeness (QED) is 0.343. The van der Waals surface area contributed by atoms with E-state index >= 15 is 0 Å². The number of aliphatic hydroxyl groups is 3. The van der Waals surface area contributed by atoms with E-state index < -0.39 is 72.6 Å². The van der Waals surface area contributed by atoms with Gasteiger partial charge in [0.1, 0.15) is 30.0 Å². The van der Waals surface area contributed by atoms with Crippen molar-refractivity contribution in [2.45, 2.75) is 55.4 Å². The Morgan fingerprint density at radius 1 is 1.21 bits per heavy atom. The van der Waals surface area contributed by atoms with Gasteiger partial charge in [-0.15, -0.1) is 5.10 Å². The van der Waals surface area contributed by atoms with Crippen LogP contribution in [0.1, 0.15) is 24.4 Å². The van der Waals surface area contributed by atoms with Crippen LogP contribution >= 0.6 is 11.6 Å². The van der Waals surface area contributed by atoms with Gasteiger partial charge in [-0.1, -0.05) is 16.8 Å². The minimum Gasteiger partial charge on any atom is -0.394 e. The van der Waals surface area contributed by atoms with Crippen LogP contribution in [0.3, 0.4) is 0 Å². The second kappa shape index (κ2) is 12.0. The van der Waals surface area contributed by atoms with Crippen molar-refractivity contribution in [2.75, 3.05) is 18.6 Å². The Kier molecular flexibility index (Phi) is 8.51. The molecule has 1 amide bonds. The maximum atomic E-state index is 14.2. The van der Waals surface area contributed by atoms with Gasteiger partial charge in [0.15, 0.2) is 23.6 Å². The maximum absolute atomic E-state index is 14.2. The fourth-order valence-corrected chi connectivity index (χ4v) is 5.51. The average molecular weight is 608 g/mol. The van der Waals surface area contributed by atoms with Crippen molar-refractivity contribution in [1.82, 2.24) is 15.0 Å². The molecular formula is C27H25ClF3N5O6. The molecule has 15 heteroatoms. The van der Waals surface area contributed by atoms with E-state index in [4.69, 9.17) is 21.1 Å². The first-order valence-electron chi connectivity index (χ1n) is 12.8. The van der Waals surface area contributed by atoms with E-state index in [2.05, 4.69) is 10.3 Å². The third-order valence-electron chi connectivity index (χ3n) is 7.54. The van der Waals surface area contributed by atoms with Crippen LogP contribution in [-0.2, 0) is 14.3 Å². The predicted molar refractivity (Wildman–Crippen MR) is 140 cm³/mol. The number of aliphatic hydroxyl groups excluding tert-OH is 3. The number of anilines is 1. The highest BCUT2D eigenvalue weighted by Crippen LogP contribution is 2.38. The van der Waals surface area contributed by atoms with Crippen LogP contribution in [0.5, 0.6) is 0 Å². The summed E-state index contributed by atoms with van der Waals surface area (Å²) in [6.45, 7) is -0.713. The van der Waals surface area contributed by atoms with E-state index in [9.17, 15) is 38.5 Å². The molecule has 2 heterocycles. The highest BCUT2D eigenvalue weighted by Gasteiger charge is 2.52. The number of rotatable bonds is 7. The summed E-state index contributed by atoms with van der Waals surface area (Å²) in [5, 5.41) is 49.1. The first-order chi connectivity index (χ1) is 20.1. The Labute approximate surface area is 242 Å². The second-order valence-electron chi connectivity index (χ2n) is 10.0. The average Bonchev–Trinajstić information content (AvgIpc) is 3.46.